The molecule has 0 aliphatic carbocycles. The molecular weight excluding hydrogens is 272 g/mol. The van der Waals surface area contributed by atoms with Crippen LogP contribution >= 0.6 is 0 Å². The maximum atomic E-state index is 14.3. The highest BCUT2D eigenvalue weighted by Crippen LogP contribution is 2.21. The van der Waals surface area contributed by atoms with Crippen LogP contribution in [0.25, 0.3) is 5.69 Å². The smallest absolute Gasteiger partial charge is 0.150 e. The Morgan fingerprint density at radius 3 is 2.33 bits per heavy atom. The lowest BCUT2D eigenvalue weighted by molar-refractivity contribution is 0.422. The van der Waals surface area contributed by atoms with E-state index in [0.29, 0.717) is 24.4 Å². The lowest BCUT2D eigenvalue weighted by Gasteiger charge is -2.21. The van der Waals surface area contributed by atoms with Crippen LogP contribution in [0, 0.1) is 11.6 Å². The number of halogens is 2. The summed E-state index contributed by atoms with van der Waals surface area (Å²) in [4.78, 5) is 4.10. The van der Waals surface area contributed by atoms with E-state index in [9.17, 15) is 8.78 Å². The topological polar surface area (TPSA) is 29.9 Å². The molecule has 0 radical (unpaired) electrons. The fourth-order valence-corrected chi connectivity index (χ4v) is 2.12. The Balaban J connectivity index is 2.34. The van der Waals surface area contributed by atoms with Gasteiger partial charge in [-0.3, -0.25) is 4.57 Å². The Labute approximate surface area is 124 Å². The van der Waals surface area contributed by atoms with E-state index in [4.69, 9.17) is 0 Å². The summed E-state index contributed by atoms with van der Waals surface area (Å²) in [5.41, 5.74) is 0.413. The molecule has 0 unspecified atom stereocenters. The van der Waals surface area contributed by atoms with Gasteiger partial charge in [-0.1, -0.05) is 6.92 Å². The van der Waals surface area contributed by atoms with Crippen molar-refractivity contribution in [3.8, 4) is 5.69 Å². The van der Waals surface area contributed by atoms with E-state index in [1.807, 2.05) is 27.7 Å². The van der Waals surface area contributed by atoms with Crippen molar-refractivity contribution in [1.29, 1.82) is 0 Å². The first-order chi connectivity index (χ1) is 9.81. The normalized spacial score (nSPS) is 11.9. The quantitative estimate of drug-likeness (QED) is 0.933. The Hall–Kier alpha value is -1.75. The molecule has 3 nitrogen and oxygen atoms in total. The summed E-state index contributed by atoms with van der Waals surface area (Å²) in [6, 6.07) is 2.74. The maximum Gasteiger partial charge on any atom is 0.150 e. The Morgan fingerprint density at radius 2 is 1.81 bits per heavy atom. The lowest BCUT2D eigenvalue weighted by atomic mass is 10.1. The first kappa shape index (κ1) is 15.6. The largest absolute Gasteiger partial charge is 0.308 e. The third-order valence-corrected chi connectivity index (χ3v) is 3.17. The molecule has 1 aromatic heterocycles. The van der Waals surface area contributed by atoms with E-state index in [2.05, 4.69) is 10.3 Å². The lowest BCUT2D eigenvalue weighted by Crippen LogP contribution is -2.35. The molecule has 1 aromatic carbocycles. The molecule has 5 heteroatoms. The highest BCUT2D eigenvalue weighted by molar-refractivity contribution is 5.39. The van der Waals surface area contributed by atoms with E-state index < -0.39 is 11.6 Å². The standard InChI is InChI=1S/C16H21F2N3/c1-5-14-19-6-7-21(14)15-12(17)8-11(9-13(15)18)10-20-16(2,3)4/h6-9,20H,5,10H2,1-4H3. The second-order valence-electron chi connectivity index (χ2n) is 6.08. The molecule has 0 fully saturated rings. The number of nitrogens with one attached hydrogen (secondary N) is 1. The summed E-state index contributed by atoms with van der Waals surface area (Å²) < 4.78 is 30.1. The number of aryl methyl sites for hydroxylation is 1. The zero-order chi connectivity index (χ0) is 15.6. The molecule has 0 spiro atoms. The van der Waals surface area contributed by atoms with Crippen molar-refractivity contribution in [2.45, 2.75) is 46.2 Å². The summed E-state index contributed by atoms with van der Waals surface area (Å²) in [5, 5.41) is 3.22. The van der Waals surface area contributed by atoms with Gasteiger partial charge < -0.3 is 5.32 Å². The third-order valence-electron chi connectivity index (χ3n) is 3.17. The number of imidazole rings is 1. The van der Waals surface area contributed by atoms with Crippen molar-refractivity contribution in [2.24, 2.45) is 0 Å². The predicted octanol–water partition coefficient (Wildman–Crippen LogP) is 3.60. The van der Waals surface area contributed by atoms with Gasteiger partial charge in [0.25, 0.3) is 0 Å². The van der Waals surface area contributed by atoms with Crippen molar-refractivity contribution >= 4 is 0 Å². The fraction of sp³-hybridized carbons (Fsp3) is 0.438. The molecule has 1 N–H and O–H groups in total. The van der Waals surface area contributed by atoms with Crippen LogP contribution in [0.5, 0.6) is 0 Å². The van der Waals surface area contributed by atoms with Gasteiger partial charge in [-0.15, -0.1) is 0 Å². The monoisotopic (exact) mass is 293 g/mol. The molecule has 0 saturated heterocycles. The molecule has 1 heterocycles. The Bertz CT molecular complexity index is 604. The number of aromatic nitrogens is 2. The molecule has 0 saturated carbocycles. The summed E-state index contributed by atoms with van der Waals surface area (Å²) in [6.07, 6.45) is 3.74. The van der Waals surface area contributed by atoms with E-state index >= 15 is 0 Å². The average Bonchev–Trinajstić information content (AvgIpc) is 2.83. The van der Waals surface area contributed by atoms with E-state index in [1.165, 1.54) is 16.7 Å². The Morgan fingerprint density at radius 1 is 1.19 bits per heavy atom. The second kappa shape index (κ2) is 5.93. The molecule has 2 aromatic rings. The Kier molecular flexibility index (Phi) is 4.42. The van der Waals surface area contributed by atoms with Crippen LogP contribution in [0.1, 0.15) is 39.1 Å². The summed E-state index contributed by atoms with van der Waals surface area (Å²) in [5.74, 6) is -0.518. The number of hydrogen-bond donors (Lipinski definition) is 1. The van der Waals surface area contributed by atoms with E-state index in [1.54, 1.807) is 12.4 Å². The van der Waals surface area contributed by atoms with Gasteiger partial charge >= 0.3 is 0 Å². The first-order valence-electron chi connectivity index (χ1n) is 7.07. The zero-order valence-electron chi connectivity index (χ0n) is 12.9. The van der Waals surface area contributed by atoms with Crippen LogP contribution in [0.4, 0.5) is 8.78 Å². The van der Waals surface area contributed by atoms with Gasteiger partial charge in [0, 0.05) is 30.9 Å². The molecule has 2 rings (SSSR count). The number of benzene rings is 1. The predicted molar refractivity (Wildman–Crippen MR) is 79.5 cm³/mol. The molecule has 0 atom stereocenters. The summed E-state index contributed by atoms with van der Waals surface area (Å²) in [7, 11) is 0. The van der Waals surface area contributed by atoms with E-state index in [0.717, 1.165) is 0 Å². The molecule has 0 aliphatic heterocycles. The number of hydrogen-bond acceptors (Lipinski definition) is 2. The zero-order valence-corrected chi connectivity index (χ0v) is 12.9. The van der Waals surface area contributed by atoms with E-state index in [-0.39, 0.29) is 11.2 Å². The molecule has 21 heavy (non-hydrogen) atoms. The van der Waals surface area contributed by atoms with Gasteiger partial charge in [0.2, 0.25) is 0 Å². The molecule has 114 valence electrons. The number of rotatable bonds is 4. The highest BCUT2D eigenvalue weighted by atomic mass is 19.1. The molecule has 0 amide bonds. The SMILES string of the molecule is CCc1nccn1-c1c(F)cc(CNC(C)(C)C)cc1F. The summed E-state index contributed by atoms with van der Waals surface area (Å²) >= 11 is 0. The minimum atomic E-state index is -0.576. The first-order valence-corrected chi connectivity index (χ1v) is 7.07. The van der Waals surface area contributed by atoms with Crippen molar-refractivity contribution in [2.75, 3.05) is 0 Å². The van der Waals surface area contributed by atoms with Crippen LogP contribution in [-0.4, -0.2) is 15.1 Å². The average molecular weight is 293 g/mol. The minimum Gasteiger partial charge on any atom is -0.308 e. The second-order valence-corrected chi connectivity index (χ2v) is 6.08. The van der Waals surface area contributed by atoms with Crippen molar-refractivity contribution in [1.82, 2.24) is 14.9 Å². The van der Waals surface area contributed by atoms with Gasteiger partial charge in [0.15, 0.2) is 11.6 Å². The van der Waals surface area contributed by atoms with Crippen LogP contribution in [0.2, 0.25) is 0 Å². The van der Waals surface area contributed by atoms with Gasteiger partial charge in [-0.2, -0.15) is 0 Å². The van der Waals surface area contributed by atoms with Crippen molar-refractivity contribution in [3.05, 3.63) is 47.5 Å². The number of nitrogens with zero attached hydrogens (tertiary/aromatic N) is 2. The summed E-state index contributed by atoms with van der Waals surface area (Å²) in [6.45, 7) is 8.34. The van der Waals surface area contributed by atoms with Gasteiger partial charge in [0.05, 0.1) is 0 Å². The third kappa shape index (κ3) is 3.67. The van der Waals surface area contributed by atoms with Crippen molar-refractivity contribution < 1.29 is 8.78 Å². The van der Waals surface area contributed by atoms with Crippen LogP contribution in [0.3, 0.4) is 0 Å². The van der Waals surface area contributed by atoms with Gasteiger partial charge in [-0.05, 0) is 38.5 Å². The van der Waals surface area contributed by atoms with Crippen LogP contribution < -0.4 is 5.32 Å². The van der Waals surface area contributed by atoms with Crippen LogP contribution in [0.15, 0.2) is 24.5 Å². The maximum absolute atomic E-state index is 14.3. The fourth-order valence-electron chi connectivity index (χ4n) is 2.12. The molecule has 0 bridgehead atoms. The molecule has 0 aliphatic rings. The highest BCUT2D eigenvalue weighted by Gasteiger charge is 2.16. The minimum absolute atomic E-state index is 0.0659. The molecular formula is C16H21F2N3. The van der Waals surface area contributed by atoms with Gasteiger partial charge in [-0.25, -0.2) is 13.8 Å². The van der Waals surface area contributed by atoms with Crippen LogP contribution in [-0.2, 0) is 13.0 Å². The van der Waals surface area contributed by atoms with Gasteiger partial charge in [0.1, 0.15) is 11.5 Å². The van der Waals surface area contributed by atoms with Crippen molar-refractivity contribution in [3.63, 3.8) is 0 Å².